The normalized spacial score (nSPS) is 20.6. The number of carboxylic acids is 1. The Morgan fingerprint density at radius 1 is 1.58 bits per heavy atom. The molecule has 0 radical (unpaired) electrons. The summed E-state index contributed by atoms with van der Waals surface area (Å²) in [6.07, 6.45) is 3.72. The maximum Gasteiger partial charge on any atom is 0.304 e. The van der Waals surface area contributed by atoms with Crippen LogP contribution in [-0.4, -0.2) is 21.1 Å². The van der Waals surface area contributed by atoms with Gasteiger partial charge in [0, 0.05) is 4.75 Å². The van der Waals surface area contributed by atoms with Gasteiger partial charge < -0.3 is 5.11 Å². The molecule has 1 saturated carbocycles. The standard InChI is InChI=1S/C9H16O2S/c1-7(2)12-9(4-3-5-9)6-8(10)11/h7H,3-6H2,1-2H3,(H,10,11). The quantitative estimate of drug-likeness (QED) is 0.736. The molecule has 0 heterocycles. The number of aliphatic carboxylic acids is 1. The highest BCUT2D eigenvalue weighted by Gasteiger charge is 2.39. The Kier molecular flexibility index (Phi) is 3.04. The Balaban J connectivity index is 2.45. The van der Waals surface area contributed by atoms with Crippen LogP contribution >= 0.6 is 11.8 Å². The Bertz CT molecular complexity index is 173. The van der Waals surface area contributed by atoms with E-state index in [1.165, 1.54) is 6.42 Å². The molecule has 0 aromatic heterocycles. The molecule has 3 heteroatoms. The fourth-order valence-electron chi connectivity index (χ4n) is 1.68. The maximum atomic E-state index is 10.6. The molecule has 0 saturated heterocycles. The third kappa shape index (κ3) is 2.41. The minimum Gasteiger partial charge on any atom is -0.481 e. The van der Waals surface area contributed by atoms with E-state index in [0.29, 0.717) is 11.7 Å². The predicted molar refractivity (Wildman–Crippen MR) is 51.6 cm³/mol. The zero-order chi connectivity index (χ0) is 9.19. The third-order valence-electron chi connectivity index (χ3n) is 2.22. The number of rotatable bonds is 4. The van der Waals surface area contributed by atoms with Crippen LogP contribution in [0.15, 0.2) is 0 Å². The van der Waals surface area contributed by atoms with Crippen molar-refractivity contribution in [3.05, 3.63) is 0 Å². The Morgan fingerprint density at radius 3 is 2.42 bits per heavy atom. The van der Waals surface area contributed by atoms with Crippen molar-refractivity contribution >= 4 is 17.7 Å². The smallest absolute Gasteiger partial charge is 0.304 e. The second-order valence-corrected chi connectivity index (χ2v) is 5.82. The van der Waals surface area contributed by atoms with Crippen molar-refractivity contribution in [3.63, 3.8) is 0 Å². The number of carbonyl (C=O) groups is 1. The lowest BCUT2D eigenvalue weighted by atomic mass is 9.82. The van der Waals surface area contributed by atoms with E-state index >= 15 is 0 Å². The molecular weight excluding hydrogens is 172 g/mol. The average molecular weight is 188 g/mol. The molecule has 1 rings (SSSR count). The van der Waals surface area contributed by atoms with Crippen LogP contribution in [0, 0.1) is 0 Å². The number of hydrogen-bond donors (Lipinski definition) is 1. The van der Waals surface area contributed by atoms with E-state index in [4.69, 9.17) is 5.11 Å². The zero-order valence-corrected chi connectivity index (χ0v) is 8.49. The summed E-state index contributed by atoms with van der Waals surface area (Å²) in [6, 6.07) is 0. The van der Waals surface area contributed by atoms with Crippen molar-refractivity contribution in [1.29, 1.82) is 0 Å². The van der Waals surface area contributed by atoms with Crippen LogP contribution in [0.1, 0.15) is 39.5 Å². The van der Waals surface area contributed by atoms with Gasteiger partial charge in [0.05, 0.1) is 6.42 Å². The van der Waals surface area contributed by atoms with E-state index in [1.54, 1.807) is 0 Å². The van der Waals surface area contributed by atoms with Crippen LogP contribution in [0.2, 0.25) is 0 Å². The molecule has 1 aliphatic rings. The van der Waals surface area contributed by atoms with Gasteiger partial charge in [0.25, 0.3) is 0 Å². The minimum absolute atomic E-state index is 0.0833. The third-order valence-corrected chi connectivity index (χ3v) is 3.75. The lowest BCUT2D eigenvalue weighted by molar-refractivity contribution is -0.138. The monoisotopic (exact) mass is 188 g/mol. The van der Waals surface area contributed by atoms with Gasteiger partial charge >= 0.3 is 5.97 Å². The molecule has 0 aromatic carbocycles. The highest BCUT2D eigenvalue weighted by molar-refractivity contribution is 8.01. The zero-order valence-electron chi connectivity index (χ0n) is 7.67. The molecule has 0 unspecified atom stereocenters. The van der Waals surface area contributed by atoms with Crippen molar-refractivity contribution in [2.24, 2.45) is 0 Å². The van der Waals surface area contributed by atoms with Crippen LogP contribution in [0.25, 0.3) is 0 Å². The summed E-state index contributed by atoms with van der Waals surface area (Å²) < 4.78 is 0.0833. The summed E-state index contributed by atoms with van der Waals surface area (Å²) >= 11 is 1.84. The van der Waals surface area contributed by atoms with Crippen LogP contribution in [0.4, 0.5) is 0 Å². The highest BCUT2D eigenvalue weighted by Crippen LogP contribution is 2.48. The Morgan fingerprint density at radius 2 is 2.17 bits per heavy atom. The molecule has 0 spiro atoms. The van der Waals surface area contributed by atoms with Crippen molar-refractivity contribution in [3.8, 4) is 0 Å². The van der Waals surface area contributed by atoms with Crippen LogP contribution < -0.4 is 0 Å². The molecule has 0 amide bonds. The van der Waals surface area contributed by atoms with Gasteiger partial charge in [0.2, 0.25) is 0 Å². The van der Waals surface area contributed by atoms with Crippen molar-refractivity contribution in [2.75, 3.05) is 0 Å². The Hall–Kier alpha value is -0.180. The molecule has 70 valence electrons. The molecule has 0 atom stereocenters. The largest absolute Gasteiger partial charge is 0.481 e. The highest BCUT2D eigenvalue weighted by atomic mass is 32.2. The lowest BCUT2D eigenvalue weighted by Gasteiger charge is -2.41. The average Bonchev–Trinajstić information content (AvgIpc) is 1.80. The van der Waals surface area contributed by atoms with Gasteiger partial charge in [-0.2, -0.15) is 11.8 Å². The number of thioether (sulfide) groups is 1. The van der Waals surface area contributed by atoms with Gasteiger partial charge in [-0.3, -0.25) is 4.79 Å². The first-order valence-corrected chi connectivity index (χ1v) is 5.32. The van der Waals surface area contributed by atoms with Crippen LogP contribution in [-0.2, 0) is 4.79 Å². The van der Waals surface area contributed by atoms with Gasteiger partial charge in [-0.05, 0) is 18.1 Å². The molecule has 1 N–H and O–H groups in total. The SMILES string of the molecule is CC(C)SC1(CC(=O)O)CCC1. The first-order chi connectivity index (χ1) is 5.54. The molecule has 1 aliphatic carbocycles. The van der Waals surface area contributed by atoms with E-state index < -0.39 is 5.97 Å². The van der Waals surface area contributed by atoms with E-state index in [2.05, 4.69) is 13.8 Å². The second-order valence-electron chi connectivity index (χ2n) is 3.77. The summed E-state index contributed by atoms with van der Waals surface area (Å²) in [6.45, 7) is 4.26. The molecule has 0 aromatic rings. The summed E-state index contributed by atoms with van der Waals surface area (Å²) in [4.78, 5) is 10.6. The van der Waals surface area contributed by atoms with Gasteiger partial charge in [0.1, 0.15) is 0 Å². The van der Waals surface area contributed by atoms with E-state index in [1.807, 2.05) is 11.8 Å². The predicted octanol–water partition coefficient (Wildman–Crippen LogP) is 2.53. The first kappa shape index (κ1) is 9.90. The van der Waals surface area contributed by atoms with E-state index in [9.17, 15) is 4.79 Å². The fourth-order valence-corrected chi connectivity index (χ4v) is 3.41. The van der Waals surface area contributed by atoms with Crippen molar-refractivity contribution in [2.45, 2.75) is 49.5 Å². The van der Waals surface area contributed by atoms with Crippen molar-refractivity contribution in [1.82, 2.24) is 0 Å². The molecule has 2 nitrogen and oxygen atoms in total. The minimum atomic E-state index is -0.650. The summed E-state index contributed by atoms with van der Waals surface area (Å²) in [5, 5.41) is 9.26. The molecule has 1 fully saturated rings. The van der Waals surface area contributed by atoms with Gasteiger partial charge in [0.15, 0.2) is 0 Å². The topological polar surface area (TPSA) is 37.3 Å². The fraction of sp³-hybridized carbons (Fsp3) is 0.889. The molecular formula is C9H16O2S. The van der Waals surface area contributed by atoms with E-state index in [-0.39, 0.29) is 4.75 Å². The number of hydrogen-bond acceptors (Lipinski definition) is 2. The van der Waals surface area contributed by atoms with Crippen LogP contribution in [0.3, 0.4) is 0 Å². The van der Waals surface area contributed by atoms with Gasteiger partial charge in [-0.15, -0.1) is 0 Å². The second kappa shape index (κ2) is 3.69. The van der Waals surface area contributed by atoms with E-state index in [0.717, 1.165) is 12.8 Å². The lowest BCUT2D eigenvalue weighted by Crippen LogP contribution is -2.37. The molecule has 12 heavy (non-hydrogen) atoms. The number of carboxylic acid groups (broad SMARTS) is 1. The molecule has 0 bridgehead atoms. The van der Waals surface area contributed by atoms with Gasteiger partial charge in [-0.1, -0.05) is 20.3 Å². The first-order valence-electron chi connectivity index (χ1n) is 4.44. The van der Waals surface area contributed by atoms with Crippen LogP contribution in [0.5, 0.6) is 0 Å². The maximum absolute atomic E-state index is 10.6. The summed E-state index contributed by atoms with van der Waals surface area (Å²) in [7, 11) is 0. The molecule has 0 aliphatic heterocycles. The Labute approximate surface area is 77.7 Å². The van der Waals surface area contributed by atoms with Crippen molar-refractivity contribution < 1.29 is 9.90 Å². The van der Waals surface area contributed by atoms with Gasteiger partial charge in [-0.25, -0.2) is 0 Å². The summed E-state index contributed by atoms with van der Waals surface area (Å²) in [5.74, 6) is -0.650. The summed E-state index contributed by atoms with van der Waals surface area (Å²) in [5.41, 5.74) is 0.